The number of guanidine groups is 1. The maximum absolute atomic E-state index is 16.2. The lowest BCUT2D eigenvalue weighted by Crippen LogP contribution is -2.58. The Kier molecular flexibility index (Phi) is 10.7. The fourth-order valence-electron chi connectivity index (χ4n) is 4.71. The molecule has 17 heteroatoms. The number of carbonyl (C=O) groups excluding carboxylic acids is 2. The molecule has 1 amide bonds. The number of nitrogens with one attached hydrogen (secondary N) is 2. The summed E-state index contributed by atoms with van der Waals surface area (Å²) in [4.78, 5) is 34.3. The van der Waals surface area contributed by atoms with E-state index in [-0.39, 0.29) is 17.8 Å². The first-order valence-corrected chi connectivity index (χ1v) is 15.6. The van der Waals surface area contributed by atoms with Gasteiger partial charge in [-0.3, -0.25) is 24.4 Å². The normalized spacial score (nSPS) is 25.4. The van der Waals surface area contributed by atoms with Crippen molar-refractivity contribution >= 4 is 31.9 Å². The maximum atomic E-state index is 16.2. The van der Waals surface area contributed by atoms with Gasteiger partial charge in [0.05, 0.1) is 12.9 Å². The van der Waals surface area contributed by atoms with E-state index in [2.05, 4.69) is 20.4 Å². The van der Waals surface area contributed by atoms with Crippen LogP contribution in [0, 0.1) is 0 Å². The highest BCUT2D eigenvalue weighted by Crippen LogP contribution is 2.46. The average molecular weight is 629 g/mol. The smallest absolute Gasteiger partial charge is 0.459 e. The average Bonchev–Trinajstić information content (AvgIpc) is 3.40. The van der Waals surface area contributed by atoms with Crippen molar-refractivity contribution in [1.82, 2.24) is 15.3 Å². The summed E-state index contributed by atoms with van der Waals surface area (Å²) in [6.07, 6.45) is 0.790. The quantitative estimate of drug-likeness (QED) is 0.144. The van der Waals surface area contributed by atoms with Gasteiger partial charge in [0.2, 0.25) is 0 Å². The van der Waals surface area contributed by atoms with Gasteiger partial charge in [0.25, 0.3) is 11.8 Å². The Labute approximate surface area is 248 Å². The van der Waals surface area contributed by atoms with E-state index in [1.807, 2.05) is 0 Å². The van der Waals surface area contributed by atoms with Crippen LogP contribution < -0.4 is 20.7 Å². The lowest BCUT2D eigenvalue weighted by atomic mass is 9.98. The van der Waals surface area contributed by atoms with Crippen molar-refractivity contribution in [3.05, 3.63) is 30.3 Å². The number of fused-ring (bicyclic) bond motifs is 1. The number of rotatable bonds is 14. The Balaban J connectivity index is 1.49. The molecule has 238 valence electrons. The van der Waals surface area contributed by atoms with E-state index < -0.39 is 69.3 Å². The van der Waals surface area contributed by atoms with E-state index >= 15 is 4.39 Å². The summed E-state index contributed by atoms with van der Waals surface area (Å²) in [5.41, 5.74) is 5.65. The Morgan fingerprint density at radius 1 is 1.28 bits per heavy atom. The number of hydrogen-bond donors (Lipinski definition) is 5. The van der Waals surface area contributed by atoms with E-state index in [4.69, 9.17) is 24.3 Å². The molecule has 1 fully saturated rings. The van der Waals surface area contributed by atoms with E-state index in [0.29, 0.717) is 0 Å². The molecule has 0 spiro atoms. The topological polar surface area (TPSA) is 207 Å². The number of hydrogen-bond acceptors (Lipinski definition) is 13. The third kappa shape index (κ3) is 8.28. The fourth-order valence-corrected chi connectivity index (χ4v) is 6.22. The number of aliphatic hydroxyl groups excluding tert-OH is 2. The number of amides is 1. The fraction of sp³-hybridized carbons (Fsp3) is 0.615. The minimum atomic E-state index is -4.53. The lowest BCUT2D eigenvalue weighted by Gasteiger charge is -2.38. The second-order valence-corrected chi connectivity index (χ2v) is 12.2. The third-order valence-corrected chi connectivity index (χ3v) is 8.75. The molecule has 0 aromatic heterocycles. The molecule has 1 aliphatic carbocycles. The molecule has 7 atom stereocenters. The molecule has 1 aromatic carbocycles. The summed E-state index contributed by atoms with van der Waals surface area (Å²) < 4.78 is 52.1. The van der Waals surface area contributed by atoms with Crippen molar-refractivity contribution in [1.29, 1.82) is 0 Å². The molecular formula is C26H38FN6O9P. The van der Waals surface area contributed by atoms with Crippen molar-refractivity contribution in [3.63, 3.8) is 0 Å². The van der Waals surface area contributed by atoms with Crippen molar-refractivity contribution in [2.24, 2.45) is 15.7 Å². The van der Waals surface area contributed by atoms with Gasteiger partial charge in [-0.15, -0.1) is 0 Å². The Morgan fingerprint density at radius 2 is 1.98 bits per heavy atom. The first kappa shape index (κ1) is 32.8. The summed E-state index contributed by atoms with van der Waals surface area (Å²) in [7, 11) is -4.53. The number of para-hydroxylation sites is 1. The highest BCUT2D eigenvalue weighted by molar-refractivity contribution is 7.52. The van der Waals surface area contributed by atoms with E-state index in [1.54, 1.807) is 18.2 Å². The lowest BCUT2D eigenvalue weighted by molar-refractivity contribution is -0.268. The van der Waals surface area contributed by atoms with Crippen LogP contribution in [-0.2, 0) is 28.2 Å². The highest BCUT2D eigenvalue weighted by atomic mass is 31.2. The Hall–Kier alpha value is -3.14. The van der Waals surface area contributed by atoms with E-state index in [1.165, 1.54) is 19.1 Å². The van der Waals surface area contributed by atoms with Crippen LogP contribution >= 0.6 is 7.75 Å². The molecule has 3 aliphatic rings. The van der Waals surface area contributed by atoms with Crippen molar-refractivity contribution < 1.29 is 47.3 Å². The SMILES string of the molecule is CC(NP(=O)(OC[C@@](F)(O[C@H](CO)N1C=NC2C(=O)NC(N)=NC21)[C@H](C)O)Oc1ccccc1)C(=O)OC1CCCCC1. The van der Waals surface area contributed by atoms with Crippen LogP contribution in [0.15, 0.2) is 40.3 Å². The van der Waals surface area contributed by atoms with Gasteiger partial charge in [-0.25, -0.2) is 13.9 Å². The first-order valence-electron chi connectivity index (χ1n) is 14.0. The van der Waals surface area contributed by atoms with Gasteiger partial charge in [-0.1, -0.05) is 24.6 Å². The van der Waals surface area contributed by atoms with Crippen LogP contribution in [0.25, 0.3) is 0 Å². The van der Waals surface area contributed by atoms with Gasteiger partial charge in [0, 0.05) is 0 Å². The number of nitrogens with zero attached hydrogens (tertiary/aromatic N) is 3. The zero-order chi connectivity index (χ0) is 31.2. The monoisotopic (exact) mass is 628 g/mol. The second kappa shape index (κ2) is 14.1. The molecule has 1 saturated carbocycles. The minimum Gasteiger partial charge on any atom is -0.461 e. The van der Waals surface area contributed by atoms with Crippen LogP contribution in [0.2, 0.25) is 0 Å². The van der Waals surface area contributed by atoms with Gasteiger partial charge >= 0.3 is 13.7 Å². The van der Waals surface area contributed by atoms with Gasteiger partial charge < -0.3 is 34.8 Å². The number of esters is 1. The largest absolute Gasteiger partial charge is 0.461 e. The zero-order valence-electron chi connectivity index (χ0n) is 23.9. The number of carbonyl (C=O) groups is 2. The maximum Gasteiger partial charge on any atom is 0.459 e. The molecule has 6 N–H and O–H groups in total. The summed E-state index contributed by atoms with van der Waals surface area (Å²) >= 11 is 0. The van der Waals surface area contributed by atoms with E-state index in [9.17, 15) is 24.4 Å². The number of ether oxygens (including phenoxy) is 2. The second-order valence-electron chi connectivity index (χ2n) is 10.5. The van der Waals surface area contributed by atoms with Gasteiger partial charge in [0.1, 0.15) is 30.6 Å². The Morgan fingerprint density at radius 3 is 2.63 bits per heavy atom. The molecule has 0 radical (unpaired) electrons. The van der Waals surface area contributed by atoms with Crippen LogP contribution in [0.4, 0.5) is 4.39 Å². The number of alkyl halides is 1. The summed E-state index contributed by atoms with van der Waals surface area (Å²) in [5, 5.41) is 25.2. The minimum absolute atomic E-state index is 0.0900. The molecule has 15 nitrogen and oxygen atoms in total. The molecule has 1 aromatic rings. The van der Waals surface area contributed by atoms with Crippen LogP contribution in [0.5, 0.6) is 5.75 Å². The van der Waals surface area contributed by atoms with Gasteiger partial charge in [0.15, 0.2) is 24.4 Å². The molecule has 4 rings (SSSR count). The Bertz CT molecular complexity index is 1230. The summed E-state index contributed by atoms with van der Waals surface area (Å²) in [6, 6.07) is 5.66. The van der Waals surface area contributed by atoms with Gasteiger partial charge in [-0.2, -0.15) is 5.09 Å². The molecule has 43 heavy (non-hydrogen) atoms. The molecule has 0 saturated heterocycles. The molecule has 4 unspecified atom stereocenters. The zero-order valence-corrected chi connectivity index (χ0v) is 24.8. The predicted octanol–water partition coefficient (Wildman–Crippen LogP) is 0.909. The number of benzene rings is 1. The van der Waals surface area contributed by atoms with Crippen LogP contribution in [0.1, 0.15) is 46.0 Å². The molecule has 2 aliphatic heterocycles. The molecule has 2 heterocycles. The third-order valence-electron chi connectivity index (χ3n) is 7.12. The summed E-state index contributed by atoms with van der Waals surface area (Å²) in [6.45, 7) is 0.461. The van der Waals surface area contributed by atoms with Crippen molar-refractivity contribution in [2.45, 2.75) is 88.5 Å². The first-order chi connectivity index (χ1) is 20.4. The summed E-state index contributed by atoms with van der Waals surface area (Å²) in [5.74, 6) is -4.45. The van der Waals surface area contributed by atoms with Crippen molar-refractivity contribution in [3.8, 4) is 5.75 Å². The van der Waals surface area contributed by atoms with Crippen molar-refractivity contribution in [2.75, 3.05) is 13.2 Å². The van der Waals surface area contributed by atoms with Crippen LogP contribution in [0.3, 0.4) is 0 Å². The highest BCUT2D eigenvalue weighted by Gasteiger charge is 2.48. The predicted molar refractivity (Wildman–Crippen MR) is 151 cm³/mol. The molecular weight excluding hydrogens is 590 g/mol. The number of nitrogens with two attached hydrogens (primary N) is 1. The number of halogens is 1. The van der Waals surface area contributed by atoms with Gasteiger partial charge in [-0.05, 0) is 51.7 Å². The number of aliphatic imine (C=N–C) groups is 2. The van der Waals surface area contributed by atoms with Crippen LogP contribution in [-0.4, -0.2) is 95.0 Å². The number of aliphatic hydroxyl groups is 2. The molecule has 0 bridgehead atoms. The van der Waals surface area contributed by atoms with E-state index in [0.717, 1.165) is 50.3 Å². The standard InChI is InChI=1S/C26H38FN6O9P/c1-16(24(37)40-18-9-5-3-6-10-18)32-43(38,42-19-11-7-4-8-12-19)39-14-26(27,17(2)35)41-20(13-34)33-15-29-21-22(33)30-25(28)31-23(21)36/h4,7-8,11-12,15-18,20-22,34-35H,3,5-6,9-10,13-14H2,1-2H3,(H,32,38)(H3,28,30,31,36)/t16?,17-,20+,21?,22?,26+,43?/m0/s1.